The largest absolute Gasteiger partial charge is 0.466 e. The van der Waals surface area contributed by atoms with Crippen LogP contribution in [-0.2, 0) is 14.3 Å². The van der Waals surface area contributed by atoms with Gasteiger partial charge in [0, 0.05) is 12.8 Å². The van der Waals surface area contributed by atoms with Crippen molar-refractivity contribution in [1.82, 2.24) is 5.32 Å². The van der Waals surface area contributed by atoms with Crippen LogP contribution in [0.25, 0.3) is 0 Å². The van der Waals surface area contributed by atoms with Crippen molar-refractivity contribution in [2.24, 2.45) is 0 Å². The Morgan fingerprint density at radius 2 is 0.482 bits per heavy atom. The molecule has 0 aromatic carbocycles. The summed E-state index contributed by atoms with van der Waals surface area (Å²) in [6.07, 6.45) is 93.4. The van der Waals surface area contributed by atoms with Gasteiger partial charge in [0.05, 0.1) is 25.4 Å². The summed E-state index contributed by atoms with van der Waals surface area (Å²) in [5.41, 5.74) is 0. The molecule has 0 rings (SSSR count). The molecule has 6 heteroatoms. The molecule has 0 aromatic heterocycles. The van der Waals surface area contributed by atoms with Crippen molar-refractivity contribution in [3.05, 3.63) is 0 Å². The van der Waals surface area contributed by atoms with Crippen molar-refractivity contribution < 1.29 is 24.5 Å². The molecule has 0 saturated carbocycles. The summed E-state index contributed by atoms with van der Waals surface area (Å²) >= 11 is 0. The molecule has 508 valence electrons. The normalized spacial score (nSPS) is 12.4. The minimum Gasteiger partial charge on any atom is -0.466 e. The van der Waals surface area contributed by atoms with E-state index in [4.69, 9.17) is 4.74 Å². The number of rotatable bonds is 76. The molecule has 0 aliphatic carbocycles. The van der Waals surface area contributed by atoms with Gasteiger partial charge in [0.2, 0.25) is 5.91 Å². The lowest BCUT2D eigenvalue weighted by Gasteiger charge is -2.22. The van der Waals surface area contributed by atoms with E-state index in [1.165, 1.54) is 398 Å². The SMILES string of the molecule is CCCCCCCCCCCCCCCCCCCCCCCCC(O)C(CO)NC(=O)CCCCCCCCCCCCCCCCCCCCCCCCCCCCCCCOC(=O)CCCCCCCCCCCCCCCCCCC. The van der Waals surface area contributed by atoms with Crippen LogP contribution in [0.3, 0.4) is 0 Å². The summed E-state index contributed by atoms with van der Waals surface area (Å²) < 4.78 is 5.52. The average Bonchev–Trinajstić information content (AvgIpc) is 3.51. The van der Waals surface area contributed by atoms with Crippen molar-refractivity contribution >= 4 is 11.9 Å². The molecule has 0 aliphatic heterocycles. The predicted molar refractivity (Wildman–Crippen MR) is 375 cm³/mol. The molecule has 0 heterocycles. The first-order chi connectivity index (χ1) is 42.0. The molecule has 0 fully saturated rings. The van der Waals surface area contributed by atoms with Crippen LogP contribution in [0.1, 0.15) is 470 Å². The Labute approximate surface area is 534 Å². The van der Waals surface area contributed by atoms with E-state index in [-0.39, 0.29) is 18.5 Å². The first kappa shape index (κ1) is 83.9. The van der Waals surface area contributed by atoms with Crippen molar-refractivity contribution in [3.8, 4) is 0 Å². The number of esters is 1. The summed E-state index contributed by atoms with van der Waals surface area (Å²) in [6, 6.07) is -0.539. The molecule has 85 heavy (non-hydrogen) atoms. The van der Waals surface area contributed by atoms with Crippen LogP contribution >= 0.6 is 0 Å². The number of unbranched alkanes of at least 4 members (excludes halogenated alkanes) is 65. The second-order valence-corrected chi connectivity index (χ2v) is 27.8. The Hall–Kier alpha value is -1.14. The van der Waals surface area contributed by atoms with Gasteiger partial charge in [-0.25, -0.2) is 0 Å². The van der Waals surface area contributed by atoms with Crippen molar-refractivity contribution in [2.75, 3.05) is 13.2 Å². The van der Waals surface area contributed by atoms with Gasteiger partial charge in [-0.1, -0.05) is 431 Å². The molecule has 0 aromatic rings. The highest BCUT2D eigenvalue weighted by Gasteiger charge is 2.20. The predicted octanol–water partition coefficient (Wildman–Crippen LogP) is 26.1. The molecular formula is C79H157NO5. The molecule has 0 saturated heterocycles. The lowest BCUT2D eigenvalue weighted by Crippen LogP contribution is -2.45. The van der Waals surface area contributed by atoms with Gasteiger partial charge in [-0.15, -0.1) is 0 Å². The summed E-state index contributed by atoms with van der Waals surface area (Å²) in [6.45, 7) is 5.02. The molecular weight excluding hydrogens is 1040 g/mol. The Morgan fingerprint density at radius 1 is 0.282 bits per heavy atom. The van der Waals surface area contributed by atoms with Crippen LogP contribution in [0.2, 0.25) is 0 Å². The summed E-state index contributed by atoms with van der Waals surface area (Å²) in [5.74, 6) is 0.0000283. The average molecular weight is 1200 g/mol. The number of hydrogen-bond acceptors (Lipinski definition) is 5. The van der Waals surface area contributed by atoms with Crippen LogP contribution in [0.15, 0.2) is 0 Å². The molecule has 2 unspecified atom stereocenters. The fourth-order valence-corrected chi connectivity index (χ4v) is 13.1. The second kappa shape index (κ2) is 75.3. The van der Waals surface area contributed by atoms with Crippen molar-refractivity contribution in [3.63, 3.8) is 0 Å². The lowest BCUT2D eigenvalue weighted by molar-refractivity contribution is -0.143. The standard InChI is InChI=1S/C79H157NO5/c1-3-5-7-9-11-13-15-17-19-21-22-23-33-36-40-43-47-51-55-59-63-67-71-77(82)76(75-81)80-78(83)72-68-64-60-56-52-48-44-41-37-34-31-29-27-25-24-26-28-30-32-35-38-42-46-50-54-58-62-66-70-74-85-79(84)73-69-65-61-57-53-49-45-39-20-18-16-14-12-10-8-6-4-2/h76-77,81-82H,3-75H2,1-2H3,(H,80,83). The highest BCUT2D eigenvalue weighted by Crippen LogP contribution is 2.21. The third-order valence-corrected chi connectivity index (χ3v) is 19.2. The van der Waals surface area contributed by atoms with Gasteiger partial charge in [0.25, 0.3) is 0 Å². The molecule has 6 nitrogen and oxygen atoms in total. The molecule has 3 N–H and O–H groups in total. The molecule has 0 spiro atoms. The van der Waals surface area contributed by atoms with E-state index in [1.54, 1.807) is 0 Å². The number of aliphatic hydroxyl groups excluding tert-OH is 2. The number of carbonyl (C=O) groups is 2. The third kappa shape index (κ3) is 71.8. The summed E-state index contributed by atoms with van der Waals surface area (Å²) in [7, 11) is 0. The maximum Gasteiger partial charge on any atom is 0.305 e. The highest BCUT2D eigenvalue weighted by atomic mass is 16.5. The maximum absolute atomic E-state index is 12.6. The van der Waals surface area contributed by atoms with Crippen LogP contribution in [0.5, 0.6) is 0 Å². The summed E-state index contributed by atoms with van der Waals surface area (Å²) in [4.78, 5) is 24.7. The number of ether oxygens (including phenoxy) is 1. The number of hydrogen-bond donors (Lipinski definition) is 3. The van der Waals surface area contributed by atoms with E-state index in [1.807, 2.05) is 0 Å². The van der Waals surface area contributed by atoms with Gasteiger partial charge in [-0.2, -0.15) is 0 Å². The zero-order valence-electron chi connectivity index (χ0n) is 58.4. The molecule has 1 amide bonds. The number of nitrogens with one attached hydrogen (secondary N) is 1. The minimum atomic E-state index is -0.662. The highest BCUT2D eigenvalue weighted by molar-refractivity contribution is 5.76. The molecule has 2 atom stereocenters. The van der Waals surface area contributed by atoms with E-state index < -0.39 is 12.1 Å². The first-order valence-electron chi connectivity index (χ1n) is 39.8. The molecule has 0 radical (unpaired) electrons. The van der Waals surface area contributed by atoms with E-state index >= 15 is 0 Å². The molecule has 0 bridgehead atoms. The van der Waals surface area contributed by atoms with Gasteiger partial charge in [0.15, 0.2) is 0 Å². The van der Waals surface area contributed by atoms with Crippen LogP contribution in [0, 0.1) is 0 Å². The maximum atomic E-state index is 12.6. The van der Waals surface area contributed by atoms with Crippen LogP contribution in [-0.4, -0.2) is 47.4 Å². The van der Waals surface area contributed by atoms with E-state index in [0.29, 0.717) is 25.9 Å². The Kier molecular flexibility index (Phi) is 74.3. The van der Waals surface area contributed by atoms with Gasteiger partial charge >= 0.3 is 5.97 Å². The van der Waals surface area contributed by atoms with E-state index in [0.717, 1.165) is 38.5 Å². The van der Waals surface area contributed by atoms with Gasteiger partial charge in [0.1, 0.15) is 0 Å². The quantitative estimate of drug-likeness (QED) is 0.0417. The third-order valence-electron chi connectivity index (χ3n) is 19.2. The van der Waals surface area contributed by atoms with E-state index in [2.05, 4.69) is 19.2 Å². The fourth-order valence-electron chi connectivity index (χ4n) is 13.1. The second-order valence-electron chi connectivity index (χ2n) is 27.8. The van der Waals surface area contributed by atoms with Crippen LogP contribution < -0.4 is 5.32 Å². The Morgan fingerprint density at radius 3 is 0.718 bits per heavy atom. The molecule has 0 aliphatic rings. The number of carbonyl (C=O) groups excluding carboxylic acids is 2. The number of aliphatic hydroxyl groups is 2. The van der Waals surface area contributed by atoms with Crippen LogP contribution in [0.4, 0.5) is 0 Å². The van der Waals surface area contributed by atoms with Gasteiger partial charge < -0.3 is 20.3 Å². The first-order valence-corrected chi connectivity index (χ1v) is 39.8. The number of amides is 1. The monoisotopic (exact) mass is 1200 g/mol. The van der Waals surface area contributed by atoms with Crippen molar-refractivity contribution in [2.45, 2.75) is 482 Å². The zero-order chi connectivity index (χ0) is 61.3. The van der Waals surface area contributed by atoms with Gasteiger partial charge in [-0.3, -0.25) is 9.59 Å². The fraction of sp³-hybridized carbons (Fsp3) is 0.975. The van der Waals surface area contributed by atoms with Crippen molar-refractivity contribution in [1.29, 1.82) is 0 Å². The topological polar surface area (TPSA) is 95.9 Å². The minimum absolute atomic E-state index is 0.0251. The zero-order valence-corrected chi connectivity index (χ0v) is 58.4. The smallest absolute Gasteiger partial charge is 0.305 e. The lowest BCUT2D eigenvalue weighted by atomic mass is 10.0. The summed E-state index contributed by atoms with van der Waals surface area (Å²) in [5, 5.41) is 23.5. The van der Waals surface area contributed by atoms with E-state index in [9.17, 15) is 19.8 Å². The van der Waals surface area contributed by atoms with Gasteiger partial charge in [-0.05, 0) is 25.7 Å². The Balaban J connectivity index is 3.32. The Bertz CT molecular complexity index is 1240.